The van der Waals surface area contributed by atoms with Gasteiger partial charge in [-0.05, 0) is 31.2 Å². The molecule has 2 heterocycles. The maximum atomic E-state index is 12.8. The predicted molar refractivity (Wildman–Crippen MR) is 123 cm³/mol. The fourth-order valence-electron chi connectivity index (χ4n) is 4.64. The zero-order chi connectivity index (χ0) is 21.5. The Morgan fingerprint density at radius 1 is 1.06 bits per heavy atom. The van der Waals surface area contributed by atoms with E-state index in [0.717, 1.165) is 49.3 Å². The fraction of sp³-hybridized carbons (Fsp3) is 0.542. The third kappa shape index (κ3) is 6.14. The van der Waals surface area contributed by atoms with Crippen LogP contribution in [0, 0.1) is 5.92 Å². The lowest BCUT2D eigenvalue weighted by molar-refractivity contribution is -0.127. The molecule has 0 bridgehead atoms. The number of carbonyl (C=O) groups is 2. The van der Waals surface area contributed by atoms with Crippen LogP contribution in [0.1, 0.15) is 61.6 Å². The number of carbonyl (C=O) groups excluding carboxylic acids is 2. The van der Waals surface area contributed by atoms with Crippen molar-refractivity contribution in [3.63, 3.8) is 0 Å². The van der Waals surface area contributed by atoms with E-state index in [-0.39, 0.29) is 29.8 Å². The Balaban J connectivity index is 1.25. The molecular formula is C24H32N4O2S. The summed E-state index contributed by atoms with van der Waals surface area (Å²) in [6.45, 7) is 2.03. The Morgan fingerprint density at radius 2 is 1.81 bits per heavy atom. The van der Waals surface area contributed by atoms with Crippen molar-refractivity contribution in [1.82, 2.24) is 20.5 Å². The number of amides is 2. The van der Waals surface area contributed by atoms with E-state index in [0.29, 0.717) is 6.54 Å². The van der Waals surface area contributed by atoms with Crippen molar-refractivity contribution in [2.75, 3.05) is 19.6 Å². The molecule has 4 rings (SSSR count). The molecule has 166 valence electrons. The minimum atomic E-state index is -0.221. The van der Waals surface area contributed by atoms with Crippen LogP contribution in [0.3, 0.4) is 0 Å². The molecule has 6 nitrogen and oxygen atoms in total. The lowest BCUT2D eigenvalue weighted by atomic mass is 9.88. The van der Waals surface area contributed by atoms with Crippen molar-refractivity contribution < 1.29 is 9.59 Å². The summed E-state index contributed by atoms with van der Waals surface area (Å²) in [7, 11) is 0. The summed E-state index contributed by atoms with van der Waals surface area (Å²) in [5.74, 6) is 0.456. The molecule has 7 heteroatoms. The molecule has 2 aromatic rings. The van der Waals surface area contributed by atoms with Crippen LogP contribution in [-0.4, -0.2) is 47.4 Å². The minimum Gasteiger partial charge on any atom is -0.353 e. The predicted octanol–water partition coefficient (Wildman–Crippen LogP) is 3.51. The van der Waals surface area contributed by atoms with E-state index in [2.05, 4.69) is 20.5 Å². The van der Waals surface area contributed by atoms with Gasteiger partial charge in [-0.15, -0.1) is 11.3 Å². The number of hydrogen-bond acceptors (Lipinski definition) is 5. The van der Waals surface area contributed by atoms with Crippen molar-refractivity contribution in [3.8, 4) is 0 Å². The number of piperidine rings is 1. The highest BCUT2D eigenvalue weighted by molar-refractivity contribution is 7.09. The molecule has 0 spiro atoms. The molecule has 1 aliphatic carbocycles. The number of hydrogen-bond donors (Lipinski definition) is 2. The standard InChI is InChI=1S/C24H32N4O2S/c29-21(27-22(24-25-13-16-31-24)18-7-3-1-4-8-18)17-28-14-11-20(12-15-28)26-23(30)19-9-5-2-6-10-19/h1,3-4,7-8,13,16,19-20,22H,2,5-6,9-12,14-15,17H2,(H,26,30)(H,27,29). The highest BCUT2D eigenvalue weighted by Gasteiger charge is 2.27. The van der Waals surface area contributed by atoms with E-state index < -0.39 is 0 Å². The lowest BCUT2D eigenvalue weighted by Gasteiger charge is -2.33. The molecule has 1 saturated heterocycles. The van der Waals surface area contributed by atoms with Gasteiger partial charge in [0.25, 0.3) is 0 Å². The van der Waals surface area contributed by atoms with Gasteiger partial charge in [0.1, 0.15) is 11.0 Å². The summed E-state index contributed by atoms with van der Waals surface area (Å²) in [6, 6.07) is 9.99. The van der Waals surface area contributed by atoms with E-state index in [1.165, 1.54) is 19.3 Å². The number of nitrogens with one attached hydrogen (secondary N) is 2. The normalized spacial score (nSPS) is 19.6. The molecule has 1 saturated carbocycles. The lowest BCUT2D eigenvalue weighted by Crippen LogP contribution is -2.48. The van der Waals surface area contributed by atoms with Crippen LogP contribution in [0.25, 0.3) is 0 Å². The summed E-state index contributed by atoms with van der Waals surface area (Å²) < 4.78 is 0. The van der Waals surface area contributed by atoms with Gasteiger partial charge in [0.15, 0.2) is 0 Å². The zero-order valence-corrected chi connectivity index (χ0v) is 18.8. The largest absolute Gasteiger partial charge is 0.353 e. The molecule has 0 radical (unpaired) electrons. The maximum absolute atomic E-state index is 12.8. The van der Waals surface area contributed by atoms with Gasteiger partial charge in [0.05, 0.1) is 6.54 Å². The quantitative estimate of drug-likeness (QED) is 0.691. The van der Waals surface area contributed by atoms with Gasteiger partial charge in [-0.3, -0.25) is 14.5 Å². The van der Waals surface area contributed by atoms with Gasteiger partial charge in [-0.2, -0.15) is 0 Å². The van der Waals surface area contributed by atoms with E-state index in [4.69, 9.17) is 0 Å². The van der Waals surface area contributed by atoms with E-state index >= 15 is 0 Å². The van der Waals surface area contributed by atoms with Crippen LogP contribution in [0.15, 0.2) is 41.9 Å². The van der Waals surface area contributed by atoms with Crippen LogP contribution < -0.4 is 10.6 Å². The molecular weight excluding hydrogens is 408 g/mol. The van der Waals surface area contributed by atoms with Crippen LogP contribution in [-0.2, 0) is 9.59 Å². The topological polar surface area (TPSA) is 74.3 Å². The molecule has 2 amide bonds. The number of nitrogens with zero attached hydrogens (tertiary/aromatic N) is 2. The van der Waals surface area contributed by atoms with Gasteiger partial charge < -0.3 is 10.6 Å². The molecule has 1 aromatic carbocycles. The van der Waals surface area contributed by atoms with Crippen LogP contribution in [0.4, 0.5) is 0 Å². The van der Waals surface area contributed by atoms with E-state index in [1.54, 1.807) is 17.5 Å². The first kappa shape index (κ1) is 22.0. The van der Waals surface area contributed by atoms with Crippen molar-refractivity contribution in [2.24, 2.45) is 5.92 Å². The van der Waals surface area contributed by atoms with Crippen LogP contribution in [0.5, 0.6) is 0 Å². The van der Waals surface area contributed by atoms with Gasteiger partial charge >= 0.3 is 0 Å². The smallest absolute Gasteiger partial charge is 0.235 e. The third-order valence-electron chi connectivity index (χ3n) is 6.41. The Kier molecular flexibility index (Phi) is 7.70. The summed E-state index contributed by atoms with van der Waals surface area (Å²) >= 11 is 1.55. The number of likely N-dealkylation sites (tertiary alicyclic amines) is 1. The highest BCUT2D eigenvalue weighted by Crippen LogP contribution is 2.25. The van der Waals surface area contributed by atoms with Crippen molar-refractivity contribution in [2.45, 2.75) is 57.0 Å². The Morgan fingerprint density at radius 3 is 2.48 bits per heavy atom. The van der Waals surface area contributed by atoms with Crippen molar-refractivity contribution in [1.29, 1.82) is 0 Å². The first-order chi connectivity index (χ1) is 15.2. The molecule has 2 fully saturated rings. The Hall–Kier alpha value is -2.25. The fourth-order valence-corrected chi connectivity index (χ4v) is 5.35. The molecule has 2 N–H and O–H groups in total. The van der Waals surface area contributed by atoms with E-state index in [9.17, 15) is 9.59 Å². The Labute approximate surface area is 188 Å². The number of aromatic nitrogens is 1. The molecule has 1 atom stereocenters. The van der Waals surface area contributed by atoms with Gasteiger partial charge in [-0.25, -0.2) is 4.98 Å². The van der Waals surface area contributed by atoms with Gasteiger partial charge in [0, 0.05) is 36.6 Å². The van der Waals surface area contributed by atoms with Crippen LogP contribution in [0.2, 0.25) is 0 Å². The second kappa shape index (κ2) is 10.9. The minimum absolute atomic E-state index is 0.00810. The average molecular weight is 441 g/mol. The highest BCUT2D eigenvalue weighted by atomic mass is 32.1. The summed E-state index contributed by atoms with van der Waals surface area (Å²) in [6.07, 6.45) is 9.26. The molecule has 1 aromatic heterocycles. The third-order valence-corrected chi connectivity index (χ3v) is 7.25. The number of rotatable bonds is 7. The first-order valence-corrected chi connectivity index (χ1v) is 12.3. The summed E-state index contributed by atoms with van der Waals surface area (Å²) in [5, 5.41) is 9.26. The number of benzene rings is 1. The molecule has 31 heavy (non-hydrogen) atoms. The van der Waals surface area contributed by atoms with Gasteiger partial charge in [-0.1, -0.05) is 49.6 Å². The average Bonchev–Trinajstić information content (AvgIpc) is 3.34. The SMILES string of the molecule is O=C(CN1CCC(NC(=O)C2CCCCC2)CC1)NC(c1ccccc1)c1nccs1. The number of thiazole rings is 1. The van der Waals surface area contributed by atoms with E-state index in [1.807, 2.05) is 35.7 Å². The summed E-state index contributed by atoms with van der Waals surface area (Å²) in [5.41, 5.74) is 1.04. The summed E-state index contributed by atoms with van der Waals surface area (Å²) in [4.78, 5) is 31.9. The Bertz CT molecular complexity index is 829. The maximum Gasteiger partial charge on any atom is 0.235 e. The monoisotopic (exact) mass is 440 g/mol. The van der Waals surface area contributed by atoms with Gasteiger partial charge in [0.2, 0.25) is 11.8 Å². The molecule has 1 unspecified atom stereocenters. The molecule has 2 aliphatic rings. The zero-order valence-electron chi connectivity index (χ0n) is 18.0. The first-order valence-electron chi connectivity index (χ1n) is 11.5. The van der Waals surface area contributed by atoms with Crippen LogP contribution >= 0.6 is 11.3 Å². The molecule has 1 aliphatic heterocycles. The second-order valence-corrected chi connectivity index (χ2v) is 9.60. The van der Waals surface area contributed by atoms with Crippen molar-refractivity contribution >= 4 is 23.2 Å². The second-order valence-electron chi connectivity index (χ2n) is 8.68. The van der Waals surface area contributed by atoms with Crippen molar-refractivity contribution in [3.05, 3.63) is 52.5 Å².